The molecule has 25 heavy (non-hydrogen) atoms. The number of hydrogen-bond donors (Lipinski definition) is 0. The van der Waals surface area contributed by atoms with Crippen LogP contribution < -0.4 is 0 Å². The molecule has 1 aliphatic carbocycles. The molecule has 1 unspecified atom stereocenters. The minimum atomic E-state index is -0.151. The van der Waals surface area contributed by atoms with Gasteiger partial charge in [-0.2, -0.15) is 0 Å². The van der Waals surface area contributed by atoms with Crippen molar-refractivity contribution >= 4 is 27.7 Å². The van der Waals surface area contributed by atoms with Gasteiger partial charge in [0, 0.05) is 17.9 Å². The van der Waals surface area contributed by atoms with E-state index in [0.29, 0.717) is 10.9 Å². The third kappa shape index (κ3) is 8.66. The quantitative estimate of drug-likeness (QED) is 0.170. The summed E-state index contributed by atoms with van der Waals surface area (Å²) in [7, 11) is 1.42. The first-order valence-electron chi connectivity index (χ1n) is 9.45. The Balaban J connectivity index is 2.39. The summed E-state index contributed by atoms with van der Waals surface area (Å²) >= 11 is 3.37. The topological polar surface area (TPSA) is 43.4 Å². The Morgan fingerprint density at radius 3 is 2.60 bits per heavy atom. The third-order valence-electron chi connectivity index (χ3n) is 4.41. The Kier molecular flexibility index (Phi) is 11.5. The zero-order chi connectivity index (χ0) is 18.5. The van der Waals surface area contributed by atoms with E-state index in [9.17, 15) is 9.59 Å². The van der Waals surface area contributed by atoms with Crippen molar-refractivity contribution in [3.63, 3.8) is 0 Å². The lowest BCUT2D eigenvalue weighted by atomic mass is 9.98. The summed E-state index contributed by atoms with van der Waals surface area (Å²) in [6, 6.07) is 0. The normalized spacial score (nSPS) is 19.0. The molecular formula is C21H31BrO3. The number of esters is 1. The molecule has 0 aromatic carbocycles. The maximum Gasteiger partial charge on any atom is 0.305 e. The van der Waals surface area contributed by atoms with Gasteiger partial charge in [-0.25, -0.2) is 0 Å². The first-order valence-corrected chi connectivity index (χ1v) is 10.2. The number of unbranched alkanes of at least 4 members (excludes halogenated alkanes) is 7. The molecule has 1 rings (SSSR count). The Bertz CT molecular complexity index is 517. The standard InChI is InChI=1S/C21H31BrO3/c1-3-4-5-6-7-10-13-17-16-19(22)21(24)18(17)14-11-8-9-12-15-20(23)25-2/h10,13-14,16-17H,3-9,11-12,15H2,1-2H3/b13-10+,18-14-. The highest BCUT2D eigenvalue weighted by atomic mass is 79.9. The third-order valence-corrected chi connectivity index (χ3v) is 5.03. The molecule has 0 aliphatic heterocycles. The number of hydrogen-bond acceptors (Lipinski definition) is 3. The molecule has 1 atom stereocenters. The maximum absolute atomic E-state index is 12.3. The summed E-state index contributed by atoms with van der Waals surface area (Å²) in [6.45, 7) is 2.22. The van der Waals surface area contributed by atoms with E-state index in [4.69, 9.17) is 0 Å². The molecule has 0 radical (unpaired) electrons. The highest BCUT2D eigenvalue weighted by Crippen LogP contribution is 2.32. The van der Waals surface area contributed by atoms with Crippen LogP contribution in [0, 0.1) is 5.92 Å². The molecule has 0 saturated heterocycles. The van der Waals surface area contributed by atoms with Gasteiger partial charge in [0.25, 0.3) is 0 Å². The van der Waals surface area contributed by atoms with Gasteiger partial charge < -0.3 is 4.74 Å². The van der Waals surface area contributed by atoms with E-state index in [1.807, 2.05) is 6.08 Å². The average molecular weight is 411 g/mol. The van der Waals surface area contributed by atoms with Crippen molar-refractivity contribution in [2.45, 2.75) is 71.1 Å². The van der Waals surface area contributed by atoms with Crippen LogP contribution in [0.3, 0.4) is 0 Å². The van der Waals surface area contributed by atoms with Crippen molar-refractivity contribution in [1.82, 2.24) is 0 Å². The molecule has 0 heterocycles. The summed E-state index contributed by atoms with van der Waals surface area (Å²) in [5.41, 5.74) is 0.879. The molecule has 0 amide bonds. The second kappa shape index (κ2) is 13.1. The predicted octanol–water partition coefficient (Wildman–Crippen LogP) is 6.04. The number of rotatable bonds is 12. The Labute approximate surface area is 160 Å². The van der Waals surface area contributed by atoms with E-state index in [-0.39, 0.29) is 17.7 Å². The van der Waals surface area contributed by atoms with Crippen LogP contribution in [0.2, 0.25) is 0 Å². The van der Waals surface area contributed by atoms with E-state index >= 15 is 0 Å². The molecule has 0 N–H and O–H groups in total. The fourth-order valence-corrected chi connectivity index (χ4v) is 3.40. The first-order chi connectivity index (χ1) is 12.1. The Hall–Kier alpha value is -1.16. The van der Waals surface area contributed by atoms with Crippen LogP contribution in [0.1, 0.15) is 71.1 Å². The zero-order valence-electron chi connectivity index (χ0n) is 15.6. The molecule has 1 aliphatic rings. The first kappa shape index (κ1) is 21.9. The van der Waals surface area contributed by atoms with Crippen molar-refractivity contribution in [1.29, 1.82) is 0 Å². The van der Waals surface area contributed by atoms with Crippen LogP contribution in [0.25, 0.3) is 0 Å². The van der Waals surface area contributed by atoms with Gasteiger partial charge in [0.05, 0.1) is 11.6 Å². The number of carbonyl (C=O) groups is 2. The van der Waals surface area contributed by atoms with E-state index in [0.717, 1.165) is 37.7 Å². The van der Waals surface area contributed by atoms with E-state index < -0.39 is 0 Å². The number of ketones is 1. The highest BCUT2D eigenvalue weighted by molar-refractivity contribution is 9.12. The van der Waals surface area contributed by atoms with Gasteiger partial charge >= 0.3 is 5.97 Å². The molecule has 0 aromatic rings. The highest BCUT2D eigenvalue weighted by Gasteiger charge is 2.26. The predicted molar refractivity (Wildman–Crippen MR) is 107 cm³/mol. The Morgan fingerprint density at radius 1 is 1.16 bits per heavy atom. The second-order valence-electron chi connectivity index (χ2n) is 6.48. The lowest BCUT2D eigenvalue weighted by Crippen LogP contribution is -2.02. The van der Waals surface area contributed by atoms with Crippen molar-refractivity contribution in [2.75, 3.05) is 7.11 Å². The molecule has 4 heteroatoms. The number of halogens is 1. The lowest BCUT2D eigenvalue weighted by molar-refractivity contribution is -0.140. The van der Waals surface area contributed by atoms with Gasteiger partial charge in [0.1, 0.15) is 0 Å². The van der Waals surface area contributed by atoms with Crippen LogP contribution in [0.5, 0.6) is 0 Å². The molecule has 0 bridgehead atoms. The molecular weight excluding hydrogens is 380 g/mol. The van der Waals surface area contributed by atoms with Gasteiger partial charge in [-0.05, 0) is 48.0 Å². The van der Waals surface area contributed by atoms with Crippen molar-refractivity contribution in [2.24, 2.45) is 5.92 Å². The molecule has 140 valence electrons. The van der Waals surface area contributed by atoms with Crippen molar-refractivity contribution in [3.05, 3.63) is 34.4 Å². The van der Waals surface area contributed by atoms with E-state index in [2.05, 4.69) is 45.8 Å². The number of Topliss-reactive ketones (excluding diaryl/α,β-unsaturated/α-hetero) is 1. The largest absolute Gasteiger partial charge is 0.469 e. The summed E-state index contributed by atoms with van der Waals surface area (Å²) in [6.07, 6.45) is 18.7. The van der Waals surface area contributed by atoms with Crippen LogP contribution in [-0.4, -0.2) is 18.9 Å². The maximum atomic E-state index is 12.3. The molecule has 3 nitrogen and oxygen atoms in total. The van der Waals surface area contributed by atoms with Gasteiger partial charge in [-0.3, -0.25) is 9.59 Å². The van der Waals surface area contributed by atoms with E-state index in [1.165, 1.54) is 32.8 Å². The summed E-state index contributed by atoms with van der Waals surface area (Å²) < 4.78 is 5.30. The fraction of sp³-hybridized carbons (Fsp3) is 0.619. The Morgan fingerprint density at radius 2 is 1.88 bits per heavy atom. The lowest BCUT2D eigenvalue weighted by Gasteiger charge is -2.05. The number of ether oxygens (including phenoxy) is 1. The number of carbonyl (C=O) groups excluding carboxylic acids is 2. The summed E-state index contributed by atoms with van der Waals surface area (Å²) in [4.78, 5) is 23.3. The van der Waals surface area contributed by atoms with Crippen molar-refractivity contribution < 1.29 is 14.3 Å². The van der Waals surface area contributed by atoms with Crippen LogP contribution in [-0.2, 0) is 14.3 Å². The van der Waals surface area contributed by atoms with E-state index in [1.54, 1.807) is 0 Å². The van der Waals surface area contributed by atoms with Gasteiger partial charge in [0.15, 0.2) is 5.78 Å². The molecule has 0 saturated carbocycles. The van der Waals surface area contributed by atoms with Crippen LogP contribution >= 0.6 is 15.9 Å². The van der Waals surface area contributed by atoms with Crippen molar-refractivity contribution in [3.8, 4) is 0 Å². The molecule has 0 fully saturated rings. The van der Waals surface area contributed by atoms with Gasteiger partial charge in [0.2, 0.25) is 0 Å². The summed E-state index contributed by atoms with van der Waals surface area (Å²) in [5, 5.41) is 0. The van der Waals surface area contributed by atoms with Gasteiger partial charge in [-0.1, -0.05) is 56.9 Å². The zero-order valence-corrected chi connectivity index (χ0v) is 17.1. The monoisotopic (exact) mass is 410 g/mol. The van der Waals surface area contributed by atoms with Gasteiger partial charge in [-0.15, -0.1) is 0 Å². The van der Waals surface area contributed by atoms with Crippen LogP contribution in [0.4, 0.5) is 0 Å². The minimum absolute atomic E-state index is 0.100. The smallest absolute Gasteiger partial charge is 0.305 e. The minimum Gasteiger partial charge on any atom is -0.469 e. The number of methoxy groups -OCH3 is 1. The second-order valence-corrected chi connectivity index (χ2v) is 7.34. The van der Waals surface area contributed by atoms with Crippen LogP contribution in [0.15, 0.2) is 34.4 Å². The molecule has 0 spiro atoms. The SMILES string of the molecule is CCCCCC/C=C/C1C=C(Br)C(=O)/C1=C\CCCCCC(=O)OC. The molecule has 0 aromatic heterocycles. The average Bonchev–Trinajstić information content (AvgIpc) is 2.88. The number of allylic oxidation sites excluding steroid dienone is 6. The fourth-order valence-electron chi connectivity index (χ4n) is 2.88. The summed E-state index contributed by atoms with van der Waals surface area (Å²) in [5.74, 6) is 0.0555.